The molecule has 0 fully saturated rings. The molecule has 0 heterocycles. The third-order valence-electron chi connectivity index (χ3n) is 0. The Kier molecular flexibility index (Phi) is 1960. The Balaban J connectivity index is 0. The van der Waals surface area contributed by atoms with Crippen LogP contribution in [0.15, 0.2) is 0 Å². The van der Waals surface area contributed by atoms with Crippen LogP contribution in [-0.2, 0) is 21.1 Å². The Morgan fingerprint density at radius 3 is 0.667 bits per heavy atom. The van der Waals surface area contributed by atoms with E-state index < -0.39 is 0 Å². The smallest absolute Gasteiger partial charge is 0 e. The van der Waals surface area contributed by atoms with Crippen molar-refractivity contribution < 1.29 is 43.0 Å². The van der Waals surface area contributed by atoms with E-state index in [9.17, 15) is 0 Å². The zero-order valence-electron chi connectivity index (χ0n) is 3.36. The molecule has 39 valence electrons. The van der Waals surface area contributed by atoms with E-state index >= 15 is 0 Å². The number of rotatable bonds is 0. The molecule has 0 aliphatic rings. The van der Waals surface area contributed by atoms with Crippen LogP contribution in [0.4, 0.5) is 0 Å². The van der Waals surface area contributed by atoms with Gasteiger partial charge in [-0.1, -0.05) is 0 Å². The predicted octanol–water partition coefficient (Wildman–Crippen LogP) is -3.03. The van der Waals surface area contributed by atoms with Crippen molar-refractivity contribution in [3.8, 4) is 0 Å². The summed E-state index contributed by atoms with van der Waals surface area (Å²) in [4.78, 5) is 0. The molecule has 0 bridgehead atoms. The van der Waals surface area contributed by atoms with Gasteiger partial charge in [0.2, 0.25) is 0 Å². The summed E-state index contributed by atoms with van der Waals surface area (Å²) in [7, 11) is 0. The second kappa shape index (κ2) is 85.4. The molecule has 4 nitrogen and oxygen atoms in total. The summed E-state index contributed by atoms with van der Waals surface area (Å²) in [6.45, 7) is 0. The van der Waals surface area contributed by atoms with Crippen molar-refractivity contribution in [3.63, 3.8) is 0 Å². The standard InChI is InChI=1S/Mo.Na.4H2O/h;;4*1H2/p-1. The predicted molar refractivity (Wildman–Crippen MR) is 18.5 cm³/mol. The Bertz CT molecular complexity index is 7.51. The van der Waals surface area contributed by atoms with Crippen LogP contribution in [0.25, 0.3) is 0 Å². The van der Waals surface area contributed by atoms with E-state index in [2.05, 4.69) is 0 Å². The molecule has 1 radical (unpaired) electrons. The van der Waals surface area contributed by atoms with Gasteiger partial charge in [-0.3, -0.25) is 0 Å². The van der Waals surface area contributed by atoms with Crippen molar-refractivity contribution >= 4 is 29.6 Å². The first-order valence-electron chi connectivity index (χ1n) is 0. The maximum atomic E-state index is 0. The van der Waals surface area contributed by atoms with Gasteiger partial charge in [0, 0.05) is 50.6 Å². The van der Waals surface area contributed by atoms with Crippen molar-refractivity contribution in [2.45, 2.75) is 0 Å². The van der Waals surface area contributed by atoms with Crippen molar-refractivity contribution in [1.82, 2.24) is 0 Å². The third kappa shape index (κ3) is 48.5. The second-order valence-electron chi connectivity index (χ2n) is 0. The number of hydrogen-bond acceptors (Lipinski definition) is 1. The Morgan fingerprint density at radius 2 is 0.667 bits per heavy atom. The SMILES string of the molecule is O.O.O.[Mo].[Na].[OH-]. The first kappa shape index (κ1) is 137. The van der Waals surface area contributed by atoms with Crippen LogP contribution in [0.2, 0.25) is 0 Å². The fraction of sp³-hybridized carbons (Fsp3) is 0. The second-order valence-corrected chi connectivity index (χ2v) is 0. The summed E-state index contributed by atoms with van der Waals surface area (Å²) in [6.07, 6.45) is 0. The average Bonchev–Trinajstić information content (AvgIpc) is 0. The Labute approximate surface area is 72.1 Å². The molecule has 6 heavy (non-hydrogen) atoms. The van der Waals surface area contributed by atoms with E-state index in [-0.39, 0.29) is 72.5 Å². The summed E-state index contributed by atoms with van der Waals surface area (Å²) in [5.74, 6) is 0. The summed E-state index contributed by atoms with van der Waals surface area (Å²) < 4.78 is 0. The topological polar surface area (TPSA) is 124 Å². The van der Waals surface area contributed by atoms with Gasteiger partial charge in [-0.05, 0) is 0 Å². The molecule has 0 aromatic heterocycles. The zero-order chi connectivity index (χ0) is 0. The molecule has 0 aromatic rings. The molecule has 0 aliphatic carbocycles. The molecule has 0 amide bonds. The van der Waals surface area contributed by atoms with Crippen LogP contribution >= 0.6 is 0 Å². The van der Waals surface area contributed by atoms with Gasteiger partial charge in [-0.25, -0.2) is 0 Å². The zero-order valence-corrected chi connectivity index (χ0v) is 7.36. The molecule has 6 heteroatoms. The third-order valence-corrected chi connectivity index (χ3v) is 0. The van der Waals surface area contributed by atoms with Gasteiger partial charge in [0.15, 0.2) is 0 Å². The average molecular weight is 190 g/mol. The molecule has 0 rings (SSSR count). The van der Waals surface area contributed by atoms with Crippen LogP contribution in [-0.4, -0.2) is 51.5 Å². The maximum absolute atomic E-state index is 0. The van der Waals surface area contributed by atoms with Gasteiger partial charge in [0.05, 0.1) is 0 Å². The molecular weight excluding hydrogens is 183 g/mol. The van der Waals surface area contributed by atoms with E-state index in [4.69, 9.17) is 0 Å². The van der Waals surface area contributed by atoms with Gasteiger partial charge < -0.3 is 21.9 Å². The van der Waals surface area contributed by atoms with E-state index in [1.54, 1.807) is 0 Å². The molecule has 0 saturated heterocycles. The largest absolute Gasteiger partial charge is 0.870 e. The molecule has 0 aliphatic heterocycles. The van der Waals surface area contributed by atoms with Gasteiger partial charge in [0.1, 0.15) is 0 Å². The molecule has 0 aromatic carbocycles. The van der Waals surface area contributed by atoms with E-state index in [1.165, 1.54) is 0 Å². The summed E-state index contributed by atoms with van der Waals surface area (Å²) in [6, 6.07) is 0. The number of hydrogen-bond donors (Lipinski definition) is 0. The molecule has 0 unspecified atom stereocenters. The quantitative estimate of drug-likeness (QED) is 0.370. The maximum Gasteiger partial charge on any atom is 0 e. The summed E-state index contributed by atoms with van der Waals surface area (Å²) in [5.41, 5.74) is 0. The van der Waals surface area contributed by atoms with Crippen molar-refractivity contribution in [2.75, 3.05) is 0 Å². The van der Waals surface area contributed by atoms with Gasteiger partial charge in [-0.15, -0.1) is 0 Å². The van der Waals surface area contributed by atoms with Crippen LogP contribution in [0.3, 0.4) is 0 Å². The summed E-state index contributed by atoms with van der Waals surface area (Å²) in [5, 5.41) is 0. The van der Waals surface area contributed by atoms with Crippen LogP contribution in [0.5, 0.6) is 0 Å². The Morgan fingerprint density at radius 1 is 0.667 bits per heavy atom. The first-order chi connectivity index (χ1) is 0. The van der Waals surface area contributed by atoms with E-state index in [0.29, 0.717) is 0 Å². The molecular formula is H7MoNaO4-. The molecule has 0 saturated carbocycles. The first-order valence-corrected chi connectivity index (χ1v) is 0. The van der Waals surface area contributed by atoms with E-state index in [1.807, 2.05) is 0 Å². The van der Waals surface area contributed by atoms with Crippen LogP contribution in [0, 0.1) is 0 Å². The van der Waals surface area contributed by atoms with Crippen molar-refractivity contribution in [1.29, 1.82) is 0 Å². The summed E-state index contributed by atoms with van der Waals surface area (Å²) >= 11 is 0. The minimum Gasteiger partial charge on any atom is -0.870 e. The van der Waals surface area contributed by atoms with Gasteiger partial charge in [-0.2, -0.15) is 0 Å². The van der Waals surface area contributed by atoms with Crippen molar-refractivity contribution in [3.05, 3.63) is 0 Å². The molecule has 0 spiro atoms. The monoisotopic (exact) mass is 192 g/mol. The minimum atomic E-state index is 0. The minimum absolute atomic E-state index is 0. The van der Waals surface area contributed by atoms with Gasteiger partial charge in [0.25, 0.3) is 0 Å². The van der Waals surface area contributed by atoms with Crippen LogP contribution in [0.1, 0.15) is 0 Å². The normalized spacial score (nSPS) is 0. The molecule has 7 N–H and O–H groups in total. The fourth-order valence-corrected chi connectivity index (χ4v) is 0. The van der Waals surface area contributed by atoms with Crippen molar-refractivity contribution in [2.24, 2.45) is 0 Å². The van der Waals surface area contributed by atoms with E-state index in [0.717, 1.165) is 0 Å². The Hall–Kier alpha value is 1.53. The van der Waals surface area contributed by atoms with Crippen LogP contribution < -0.4 is 0 Å². The fourth-order valence-electron chi connectivity index (χ4n) is 0. The van der Waals surface area contributed by atoms with Gasteiger partial charge >= 0.3 is 0 Å². The molecule has 0 atom stereocenters.